The minimum Gasteiger partial charge on any atom is -0.339 e. The second-order valence-electron chi connectivity index (χ2n) is 8.52. The van der Waals surface area contributed by atoms with Crippen molar-refractivity contribution >= 4 is 15.9 Å². The Hall–Kier alpha value is -2.25. The molecule has 5 nitrogen and oxygen atoms in total. The first kappa shape index (κ1) is 23.4. The predicted molar refractivity (Wildman–Crippen MR) is 120 cm³/mol. The number of hydrogen-bond donors (Lipinski definition) is 1. The number of halogens is 1. The number of likely N-dealkylation sites (tertiary alicyclic amines) is 1. The maximum absolute atomic E-state index is 13.9. The Morgan fingerprint density at radius 2 is 1.48 bits per heavy atom. The third-order valence-corrected chi connectivity index (χ3v) is 8.46. The van der Waals surface area contributed by atoms with Gasteiger partial charge < -0.3 is 4.90 Å². The number of sulfonamides is 1. The van der Waals surface area contributed by atoms with Gasteiger partial charge in [0.15, 0.2) is 0 Å². The Morgan fingerprint density at radius 1 is 0.968 bits per heavy atom. The van der Waals surface area contributed by atoms with E-state index >= 15 is 0 Å². The minimum atomic E-state index is -3.64. The molecule has 0 atom stereocenters. The zero-order chi connectivity index (χ0) is 22.9. The molecule has 31 heavy (non-hydrogen) atoms. The number of carbonyl (C=O) groups is 1. The molecule has 1 N–H and O–H groups in total. The van der Waals surface area contributed by atoms with E-state index in [-0.39, 0.29) is 17.4 Å². The maximum atomic E-state index is 13.9. The summed E-state index contributed by atoms with van der Waals surface area (Å²) in [5.74, 6) is -0.696. The predicted octanol–water partition coefficient (Wildman–Crippen LogP) is 4.20. The minimum absolute atomic E-state index is 0.0812. The molecule has 0 radical (unpaired) electrons. The van der Waals surface area contributed by atoms with Crippen LogP contribution in [0.3, 0.4) is 0 Å². The van der Waals surface area contributed by atoms with Gasteiger partial charge >= 0.3 is 0 Å². The number of rotatable bonds is 5. The van der Waals surface area contributed by atoms with Gasteiger partial charge in [-0.1, -0.05) is 12.1 Å². The van der Waals surface area contributed by atoms with Crippen molar-refractivity contribution in [3.05, 3.63) is 63.5 Å². The fourth-order valence-corrected chi connectivity index (χ4v) is 6.03. The molecule has 2 aromatic carbocycles. The van der Waals surface area contributed by atoms with Gasteiger partial charge in [-0.25, -0.2) is 17.5 Å². The Morgan fingerprint density at radius 3 is 2.03 bits per heavy atom. The summed E-state index contributed by atoms with van der Waals surface area (Å²) in [5, 5.41) is 0. The Kier molecular flexibility index (Phi) is 6.86. The average Bonchev–Trinajstić information content (AvgIpc) is 2.75. The first-order valence-electron chi connectivity index (χ1n) is 10.6. The molecular formula is C24H31FN2O3S. The van der Waals surface area contributed by atoms with E-state index in [1.54, 1.807) is 17.0 Å². The molecule has 0 bridgehead atoms. The highest BCUT2D eigenvalue weighted by molar-refractivity contribution is 7.89. The fourth-order valence-electron chi connectivity index (χ4n) is 4.31. The van der Waals surface area contributed by atoms with Gasteiger partial charge in [-0.2, -0.15) is 0 Å². The summed E-state index contributed by atoms with van der Waals surface area (Å²) in [7, 11) is -3.64. The van der Waals surface area contributed by atoms with Crippen molar-refractivity contribution in [1.29, 1.82) is 0 Å². The summed E-state index contributed by atoms with van der Waals surface area (Å²) >= 11 is 0. The lowest BCUT2D eigenvalue weighted by molar-refractivity contribution is 0.0687. The van der Waals surface area contributed by atoms with Gasteiger partial charge in [0.05, 0.1) is 10.5 Å². The third kappa shape index (κ3) is 4.67. The fraction of sp³-hybridized carbons (Fsp3) is 0.458. The van der Waals surface area contributed by atoms with E-state index in [4.69, 9.17) is 0 Å². The molecule has 0 unspecified atom stereocenters. The Bertz CT molecular complexity index is 1080. The number of piperidine rings is 1. The molecule has 0 spiro atoms. The van der Waals surface area contributed by atoms with Crippen LogP contribution < -0.4 is 4.72 Å². The third-order valence-electron chi connectivity index (χ3n) is 6.77. The van der Waals surface area contributed by atoms with Crippen LogP contribution in [0, 0.1) is 46.4 Å². The summed E-state index contributed by atoms with van der Waals surface area (Å²) in [6, 6.07) is 5.99. The highest BCUT2D eigenvalue weighted by Gasteiger charge is 2.28. The van der Waals surface area contributed by atoms with Crippen molar-refractivity contribution in [2.45, 2.75) is 52.4 Å². The van der Waals surface area contributed by atoms with Crippen LogP contribution in [0.2, 0.25) is 0 Å². The number of carbonyl (C=O) groups excluding carboxylic acids is 1. The maximum Gasteiger partial charge on any atom is 0.256 e. The van der Waals surface area contributed by atoms with E-state index in [1.165, 1.54) is 12.1 Å². The summed E-state index contributed by atoms with van der Waals surface area (Å²) in [6.07, 6.45) is 1.35. The number of nitrogens with zero attached hydrogens (tertiary/aromatic N) is 1. The topological polar surface area (TPSA) is 66.5 Å². The van der Waals surface area contributed by atoms with Crippen molar-refractivity contribution in [2.24, 2.45) is 5.92 Å². The van der Waals surface area contributed by atoms with Gasteiger partial charge in [0, 0.05) is 19.6 Å². The van der Waals surface area contributed by atoms with Crippen LogP contribution in [0.1, 0.15) is 51.0 Å². The van der Waals surface area contributed by atoms with Crippen LogP contribution in [-0.4, -0.2) is 38.9 Å². The van der Waals surface area contributed by atoms with Crippen LogP contribution in [0.15, 0.2) is 29.2 Å². The number of hydrogen-bond acceptors (Lipinski definition) is 3. The lowest BCUT2D eigenvalue weighted by Gasteiger charge is -2.32. The first-order chi connectivity index (χ1) is 14.5. The van der Waals surface area contributed by atoms with Gasteiger partial charge in [-0.3, -0.25) is 4.79 Å². The molecule has 2 aromatic rings. The molecule has 0 aliphatic carbocycles. The van der Waals surface area contributed by atoms with Crippen LogP contribution in [0.4, 0.5) is 4.39 Å². The van der Waals surface area contributed by atoms with Crippen molar-refractivity contribution in [3.8, 4) is 0 Å². The smallest absolute Gasteiger partial charge is 0.256 e. The van der Waals surface area contributed by atoms with Crippen LogP contribution >= 0.6 is 0 Å². The van der Waals surface area contributed by atoms with E-state index < -0.39 is 15.8 Å². The standard InChI is InChI=1S/C24H31FN2O3S/c1-15-16(2)18(4)23(19(5)17(15)3)31(29,30)26-14-20-10-12-27(13-11-20)24(28)21-8-6-7-9-22(21)25/h6-9,20,26H,10-14H2,1-5H3. The highest BCUT2D eigenvalue weighted by atomic mass is 32.2. The molecule has 0 aromatic heterocycles. The van der Waals surface area contributed by atoms with E-state index in [0.29, 0.717) is 37.4 Å². The van der Waals surface area contributed by atoms with E-state index in [9.17, 15) is 17.6 Å². The number of nitrogens with one attached hydrogen (secondary N) is 1. The molecule has 7 heteroatoms. The van der Waals surface area contributed by atoms with Gasteiger partial charge in [0.2, 0.25) is 10.0 Å². The van der Waals surface area contributed by atoms with Gasteiger partial charge in [0.25, 0.3) is 5.91 Å². The number of benzene rings is 2. The Balaban J connectivity index is 1.65. The molecule has 1 aliphatic heterocycles. The van der Waals surface area contributed by atoms with Crippen molar-refractivity contribution in [3.63, 3.8) is 0 Å². The zero-order valence-electron chi connectivity index (χ0n) is 18.9. The molecular weight excluding hydrogens is 415 g/mol. The Labute approximate surface area is 184 Å². The normalized spacial score (nSPS) is 15.4. The molecule has 0 saturated carbocycles. The van der Waals surface area contributed by atoms with Gasteiger partial charge in [-0.05, 0) is 93.3 Å². The van der Waals surface area contributed by atoms with Crippen LogP contribution in [0.25, 0.3) is 0 Å². The molecule has 1 fully saturated rings. The first-order valence-corrected chi connectivity index (χ1v) is 12.1. The zero-order valence-corrected chi connectivity index (χ0v) is 19.7. The summed E-state index contributed by atoms with van der Waals surface area (Å²) in [5.41, 5.74) is 4.79. The molecule has 1 aliphatic rings. The van der Waals surface area contributed by atoms with Crippen molar-refractivity contribution in [2.75, 3.05) is 19.6 Å². The molecule has 3 rings (SSSR count). The summed E-state index contributed by atoms with van der Waals surface area (Å²) in [4.78, 5) is 14.6. The molecule has 168 valence electrons. The monoisotopic (exact) mass is 446 g/mol. The lowest BCUT2D eigenvalue weighted by atomic mass is 9.95. The second-order valence-corrected chi connectivity index (χ2v) is 10.2. The van der Waals surface area contributed by atoms with E-state index in [1.807, 2.05) is 34.6 Å². The van der Waals surface area contributed by atoms with E-state index in [2.05, 4.69) is 4.72 Å². The van der Waals surface area contributed by atoms with Gasteiger partial charge in [0.1, 0.15) is 5.82 Å². The summed E-state index contributed by atoms with van der Waals surface area (Å²) < 4.78 is 42.9. The van der Waals surface area contributed by atoms with Gasteiger partial charge in [-0.15, -0.1) is 0 Å². The highest BCUT2D eigenvalue weighted by Crippen LogP contribution is 2.29. The van der Waals surface area contributed by atoms with E-state index in [0.717, 1.165) is 27.8 Å². The van der Waals surface area contributed by atoms with Crippen LogP contribution in [0.5, 0.6) is 0 Å². The second kappa shape index (κ2) is 9.09. The SMILES string of the molecule is Cc1c(C)c(C)c(S(=O)(=O)NCC2CCN(C(=O)c3ccccc3F)CC2)c(C)c1C. The molecule has 1 amide bonds. The average molecular weight is 447 g/mol. The van der Waals surface area contributed by atoms with Crippen LogP contribution in [-0.2, 0) is 10.0 Å². The largest absolute Gasteiger partial charge is 0.339 e. The quantitative estimate of drug-likeness (QED) is 0.749. The summed E-state index contributed by atoms with van der Waals surface area (Å²) in [6.45, 7) is 10.9. The lowest BCUT2D eigenvalue weighted by Crippen LogP contribution is -2.42. The molecule has 1 heterocycles. The van der Waals surface area contributed by atoms with Crippen molar-refractivity contribution in [1.82, 2.24) is 9.62 Å². The number of amides is 1. The molecule has 1 saturated heterocycles. The van der Waals surface area contributed by atoms with Crippen molar-refractivity contribution < 1.29 is 17.6 Å².